The van der Waals surface area contributed by atoms with Crippen LogP contribution < -0.4 is 10.1 Å². The maximum atomic E-state index is 12.2. The van der Waals surface area contributed by atoms with Crippen LogP contribution in [-0.2, 0) is 6.54 Å². The van der Waals surface area contributed by atoms with E-state index in [0.29, 0.717) is 31.3 Å². The molecule has 138 valence electrons. The Kier molecular flexibility index (Phi) is 4.74. The minimum absolute atomic E-state index is 0.0849. The highest BCUT2D eigenvalue weighted by atomic mass is 16.5. The average molecular weight is 364 g/mol. The average Bonchev–Trinajstić information content (AvgIpc) is 3.16. The Hall–Kier alpha value is -3.35. The van der Waals surface area contributed by atoms with Crippen LogP contribution in [0.2, 0.25) is 0 Å². The first-order chi connectivity index (χ1) is 13.2. The number of ether oxygens (including phenoxy) is 1. The summed E-state index contributed by atoms with van der Waals surface area (Å²) in [6.07, 6.45) is 0. The minimum Gasteiger partial charge on any atom is -0.497 e. The van der Waals surface area contributed by atoms with Gasteiger partial charge >= 0.3 is 6.03 Å². The smallest absolute Gasteiger partial charge is 0.317 e. The molecule has 1 fully saturated rings. The Labute approximate surface area is 156 Å². The number of carbonyl (C=O) groups excluding carboxylic acids is 1. The third-order valence-electron chi connectivity index (χ3n) is 4.59. The van der Waals surface area contributed by atoms with E-state index >= 15 is 0 Å². The van der Waals surface area contributed by atoms with Crippen LogP contribution in [0.5, 0.6) is 5.75 Å². The summed E-state index contributed by atoms with van der Waals surface area (Å²) in [6, 6.07) is 17.2. The lowest BCUT2D eigenvalue weighted by Gasteiger charge is -2.36. The predicted octanol–water partition coefficient (Wildman–Crippen LogP) is 3.05. The molecule has 0 saturated carbocycles. The molecule has 7 nitrogen and oxygen atoms in total. The lowest BCUT2D eigenvalue weighted by molar-refractivity contribution is 0.136. The van der Waals surface area contributed by atoms with Gasteiger partial charge in [0.2, 0.25) is 11.7 Å². The summed E-state index contributed by atoms with van der Waals surface area (Å²) in [7, 11) is 1.63. The Morgan fingerprint density at radius 1 is 1.19 bits per heavy atom. The number of urea groups is 1. The molecular weight excluding hydrogens is 344 g/mol. The SMILES string of the molecule is COc1ccc(CNC(=O)N2CC(c3nc(-c4ccccc4)no3)C2)cc1. The molecule has 0 spiro atoms. The zero-order valence-electron chi connectivity index (χ0n) is 15.0. The largest absolute Gasteiger partial charge is 0.497 e. The van der Waals surface area contributed by atoms with Crippen molar-refractivity contribution in [3.05, 3.63) is 66.1 Å². The summed E-state index contributed by atoms with van der Waals surface area (Å²) in [5, 5.41) is 6.95. The number of likely N-dealkylation sites (tertiary alicyclic amines) is 1. The van der Waals surface area contributed by atoms with Crippen LogP contribution in [0.4, 0.5) is 4.79 Å². The summed E-state index contributed by atoms with van der Waals surface area (Å²) < 4.78 is 10.5. The van der Waals surface area contributed by atoms with Crippen molar-refractivity contribution in [1.29, 1.82) is 0 Å². The first kappa shape index (κ1) is 17.1. The van der Waals surface area contributed by atoms with Gasteiger partial charge in [-0.15, -0.1) is 0 Å². The van der Waals surface area contributed by atoms with Crippen molar-refractivity contribution < 1.29 is 14.1 Å². The Morgan fingerprint density at radius 3 is 2.63 bits per heavy atom. The van der Waals surface area contributed by atoms with Gasteiger partial charge in [0.1, 0.15) is 5.75 Å². The Bertz CT molecular complexity index is 902. The van der Waals surface area contributed by atoms with E-state index in [-0.39, 0.29) is 11.9 Å². The molecule has 1 saturated heterocycles. The second-order valence-electron chi connectivity index (χ2n) is 6.43. The standard InChI is InChI=1S/C20H20N4O3/c1-26-17-9-7-14(8-10-17)11-21-20(25)24-12-16(13-24)19-22-18(23-27-19)15-5-3-2-4-6-15/h2-10,16H,11-13H2,1H3,(H,21,25). The maximum absolute atomic E-state index is 12.2. The number of rotatable bonds is 5. The van der Waals surface area contributed by atoms with Crippen molar-refractivity contribution in [2.24, 2.45) is 0 Å². The van der Waals surface area contributed by atoms with Gasteiger partial charge in [-0.2, -0.15) is 4.98 Å². The molecule has 0 radical (unpaired) electrons. The fraction of sp³-hybridized carbons (Fsp3) is 0.250. The van der Waals surface area contributed by atoms with Crippen LogP contribution >= 0.6 is 0 Å². The zero-order valence-corrected chi connectivity index (χ0v) is 15.0. The van der Waals surface area contributed by atoms with Crippen molar-refractivity contribution in [1.82, 2.24) is 20.4 Å². The second kappa shape index (κ2) is 7.49. The molecule has 2 amide bonds. The monoisotopic (exact) mass is 364 g/mol. The molecule has 2 heterocycles. The van der Waals surface area contributed by atoms with Crippen molar-refractivity contribution in [3.8, 4) is 17.1 Å². The molecular formula is C20H20N4O3. The van der Waals surface area contributed by atoms with E-state index in [4.69, 9.17) is 9.26 Å². The van der Waals surface area contributed by atoms with E-state index in [1.54, 1.807) is 12.0 Å². The third kappa shape index (κ3) is 3.76. The van der Waals surface area contributed by atoms with Crippen molar-refractivity contribution >= 4 is 6.03 Å². The highest BCUT2D eigenvalue weighted by Crippen LogP contribution is 2.27. The second-order valence-corrected chi connectivity index (χ2v) is 6.43. The number of carbonyl (C=O) groups is 1. The predicted molar refractivity (Wildman–Crippen MR) is 99.3 cm³/mol. The van der Waals surface area contributed by atoms with Gasteiger partial charge in [-0.1, -0.05) is 47.6 Å². The summed E-state index contributed by atoms with van der Waals surface area (Å²) >= 11 is 0. The quantitative estimate of drug-likeness (QED) is 0.753. The number of nitrogens with one attached hydrogen (secondary N) is 1. The summed E-state index contributed by atoms with van der Waals surface area (Å²) in [6.45, 7) is 1.62. The van der Waals surface area contributed by atoms with Crippen LogP contribution in [0.3, 0.4) is 0 Å². The van der Waals surface area contributed by atoms with Crippen LogP contribution in [0.15, 0.2) is 59.1 Å². The van der Waals surface area contributed by atoms with Gasteiger partial charge in [-0.3, -0.25) is 0 Å². The van der Waals surface area contributed by atoms with E-state index in [2.05, 4.69) is 15.5 Å². The van der Waals surface area contributed by atoms with E-state index in [1.807, 2.05) is 54.6 Å². The zero-order chi connectivity index (χ0) is 18.6. The first-order valence-electron chi connectivity index (χ1n) is 8.77. The van der Waals surface area contributed by atoms with Crippen LogP contribution in [0, 0.1) is 0 Å². The molecule has 1 aromatic heterocycles. The van der Waals surface area contributed by atoms with Crippen LogP contribution in [0.25, 0.3) is 11.4 Å². The Balaban J connectivity index is 1.27. The fourth-order valence-corrected chi connectivity index (χ4v) is 2.94. The van der Waals surface area contributed by atoms with Crippen molar-refractivity contribution in [2.75, 3.05) is 20.2 Å². The number of methoxy groups -OCH3 is 1. The van der Waals surface area contributed by atoms with Gasteiger partial charge < -0.3 is 19.5 Å². The molecule has 1 aliphatic heterocycles. The van der Waals surface area contributed by atoms with Gasteiger partial charge in [0, 0.05) is 25.2 Å². The molecule has 27 heavy (non-hydrogen) atoms. The van der Waals surface area contributed by atoms with Gasteiger partial charge in [-0.25, -0.2) is 4.79 Å². The van der Waals surface area contributed by atoms with Crippen LogP contribution in [0.1, 0.15) is 17.4 Å². The number of amides is 2. The highest BCUT2D eigenvalue weighted by molar-refractivity contribution is 5.75. The van der Waals surface area contributed by atoms with Crippen molar-refractivity contribution in [3.63, 3.8) is 0 Å². The van der Waals surface area contributed by atoms with Gasteiger partial charge in [0.05, 0.1) is 13.0 Å². The molecule has 1 aliphatic rings. The van der Waals surface area contributed by atoms with Gasteiger partial charge in [0.15, 0.2) is 0 Å². The molecule has 1 N–H and O–H groups in total. The van der Waals surface area contributed by atoms with Crippen LogP contribution in [-0.4, -0.2) is 41.3 Å². The third-order valence-corrected chi connectivity index (χ3v) is 4.59. The lowest BCUT2D eigenvalue weighted by atomic mass is 10.0. The van der Waals surface area contributed by atoms with Gasteiger partial charge in [-0.05, 0) is 17.7 Å². The first-order valence-corrected chi connectivity index (χ1v) is 8.77. The van der Waals surface area contributed by atoms with E-state index in [1.165, 1.54) is 0 Å². The molecule has 0 unspecified atom stereocenters. The highest BCUT2D eigenvalue weighted by Gasteiger charge is 2.35. The summed E-state index contributed by atoms with van der Waals surface area (Å²) in [5.74, 6) is 2.04. The maximum Gasteiger partial charge on any atom is 0.317 e. The molecule has 0 aliphatic carbocycles. The van der Waals surface area contributed by atoms with Gasteiger partial charge in [0.25, 0.3) is 0 Å². The molecule has 0 atom stereocenters. The topological polar surface area (TPSA) is 80.5 Å². The minimum atomic E-state index is -0.0927. The fourth-order valence-electron chi connectivity index (χ4n) is 2.94. The summed E-state index contributed by atoms with van der Waals surface area (Å²) in [4.78, 5) is 18.4. The number of aromatic nitrogens is 2. The van der Waals surface area contributed by atoms with E-state index in [0.717, 1.165) is 16.9 Å². The number of hydrogen-bond donors (Lipinski definition) is 1. The molecule has 2 aromatic carbocycles. The normalized spacial score (nSPS) is 13.9. The number of nitrogens with zero attached hydrogens (tertiary/aromatic N) is 3. The van der Waals surface area contributed by atoms with E-state index < -0.39 is 0 Å². The molecule has 7 heteroatoms. The number of hydrogen-bond acceptors (Lipinski definition) is 5. The number of benzene rings is 2. The Morgan fingerprint density at radius 2 is 1.93 bits per heavy atom. The molecule has 3 aromatic rings. The molecule has 4 rings (SSSR count). The lowest BCUT2D eigenvalue weighted by Crippen LogP contribution is -2.52. The molecule has 0 bridgehead atoms. The van der Waals surface area contributed by atoms with E-state index in [9.17, 15) is 4.79 Å². The summed E-state index contributed by atoms with van der Waals surface area (Å²) in [5.41, 5.74) is 1.94. The van der Waals surface area contributed by atoms with Crippen molar-refractivity contribution in [2.45, 2.75) is 12.5 Å².